The summed E-state index contributed by atoms with van der Waals surface area (Å²) in [5.41, 5.74) is 1.04. The van der Waals surface area contributed by atoms with Crippen LogP contribution in [0, 0.1) is 0 Å². The maximum atomic E-state index is 12.2. The fourth-order valence-corrected chi connectivity index (χ4v) is 2.26. The number of ether oxygens (including phenoxy) is 1. The zero-order valence-electron chi connectivity index (χ0n) is 12.0. The number of carbonyl (C=O) groups is 1. The Balaban J connectivity index is 1.81. The smallest absolute Gasteiger partial charge is 0.318 e. The SMILES string of the molecule is CCOC(=O)C(Cc1ccccc1)c1nc(C2CC2)no1. The molecule has 5 nitrogen and oxygen atoms in total. The van der Waals surface area contributed by atoms with E-state index in [2.05, 4.69) is 10.1 Å². The van der Waals surface area contributed by atoms with Crippen molar-refractivity contribution in [3.05, 3.63) is 47.6 Å². The molecule has 0 aliphatic heterocycles. The molecule has 1 fully saturated rings. The minimum Gasteiger partial charge on any atom is -0.465 e. The normalized spacial score (nSPS) is 15.7. The highest BCUT2D eigenvalue weighted by Gasteiger charge is 2.33. The monoisotopic (exact) mass is 286 g/mol. The first-order valence-corrected chi connectivity index (χ1v) is 7.32. The van der Waals surface area contributed by atoms with Crippen molar-refractivity contribution in [1.29, 1.82) is 0 Å². The van der Waals surface area contributed by atoms with Crippen molar-refractivity contribution in [1.82, 2.24) is 10.1 Å². The van der Waals surface area contributed by atoms with E-state index in [0.29, 0.717) is 30.7 Å². The van der Waals surface area contributed by atoms with Gasteiger partial charge in [-0.15, -0.1) is 0 Å². The minimum absolute atomic E-state index is 0.313. The van der Waals surface area contributed by atoms with E-state index in [1.54, 1.807) is 6.92 Å². The lowest BCUT2D eigenvalue weighted by molar-refractivity contribution is -0.145. The molecule has 1 aliphatic carbocycles. The third-order valence-electron chi connectivity index (χ3n) is 3.55. The predicted octanol–water partition coefficient (Wildman–Crippen LogP) is 2.84. The van der Waals surface area contributed by atoms with Crippen molar-refractivity contribution in [3.63, 3.8) is 0 Å². The molecule has 110 valence electrons. The second-order valence-corrected chi connectivity index (χ2v) is 5.26. The zero-order valence-corrected chi connectivity index (χ0v) is 12.0. The van der Waals surface area contributed by atoms with E-state index in [-0.39, 0.29) is 5.97 Å². The van der Waals surface area contributed by atoms with Crippen molar-refractivity contribution in [2.24, 2.45) is 0 Å². The van der Waals surface area contributed by atoms with E-state index in [1.165, 1.54) is 0 Å². The molecule has 5 heteroatoms. The van der Waals surface area contributed by atoms with Gasteiger partial charge < -0.3 is 9.26 Å². The molecule has 0 amide bonds. The largest absolute Gasteiger partial charge is 0.465 e. The van der Waals surface area contributed by atoms with Crippen molar-refractivity contribution < 1.29 is 14.1 Å². The van der Waals surface area contributed by atoms with Crippen LogP contribution in [0.1, 0.15) is 48.9 Å². The lowest BCUT2D eigenvalue weighted by Crippen LogP contribution is -2.18. The van der Waals surface area contributed by atoms with Gasteiger partial charge in [0.05, 0.1) is 6.61 Å². The Morgan fingerprint density at radius 1 is 1.38 bits per heavy atom. The van der Waals surface area contributed by atoms with Crippen LogP contribution in [0.25, 0.3) is 0 Å². The maximum Gasteiger partial charge on any atom is 0.318 e. The van der Waals surface area contributed by atoms with Gasteiger partial charge in [-0.1, -0.05) is 35.5 Å². The van der Waals surface area contributed by atoms with Crippen LogP contribution in [0.15, 0.2) is 34.9 Å². The summed E-state index contributed by atoms with van der Waals surface area (Å²) in [5, 5.41) is 3.99. The highest BCUT2D eigenvalue weighted by atomic mass is 16.5. The first-order valence-electron chi connectivity index (χ1n) is 7.32. The number of rotatable bonds is 6. The summed E-state index contributed by atoms with van der Waals surface area (Å²) in [6.45, 7) is 2.13. The summed E-state index contributed by atoms with van der Waals surface area (Å²) < 4.78 is 10.5. The van der Waals surface area contributed by atoms with Crippen LogP contribution < -0.4 is 0 Å². The molecule has 0 bridgehead atoms. The highest BCUT2D eigenvalue weighted by molar-refractivity contribution is 5.77. The van der Waals surface area contributed by atoms with E-state index < -0.39 is 5.92 Å². The van der Waals surface area contributed by atoms with E-state index in [1.807, 2.05) is 30.3 Å². The van der Waals surface area contributed by atoms with Gasteiger partial charge >= 0.3 is 5.97 Å². The number of hydrogen-bond acceptors (Lipinski definition) is 5. The Labute approximate surface area is 123 Å². The maximum absolute atomic E-state index is 12.2. The topological polar surface area (TPSA) is 65.2 Å². The molecule has 2 aromatic rings. The summed E-state index contributed by atoms with van der Waals surface area (Å²) in [5.74, 6) is 0.633. The summed E-state index contributed by atoms with van der Waals surface area (Å²) in [6, 6.07) is 9.79. The molecule has 0 radical (unpaired) electrons. The second-order valence-electron chi connectivity index (χ2n) is 5.26. The van der Waals surface area contributed by atoms with Crippen molar-refractivity contribution in [2.75, 3.05) is 6.61 Å². The number of esters is 1. The van der Waals surface area contributed by atoms with Crippen LogP contribution in [0.3, 0.4) is 0 Å². The van der Waals surface area contributed by atoms with Crippen LogP contribution >= 0.6 is 0 Å². The van der Waals surface area contributed by atoms with Gasteiger partial charge in [-0.05, 0) is 31.7 Å². The van der Waals surface area contributed by atoms with Gasteiger partial charge in [-0.2, -0.15) is 4.98 Å². The van der Waals surface area contributed by atoms with Crippen molar-refractivity contribution in [3.8, 4) is 0 Å². The van der Waals surface area contributed by atoms with Crippen molar-refractivity contribution in [2.45, 2.75) is 38.0 Å². The molecule has 0 saturated heterocycles. The highest BCUT2D eigenvalue weighted by Crippen LogP contribution is 2.38. The van der Waals surface area contributed by atoms with Gasteiger partial charge in [0.2, 0.25) is 5.89 Å². The summed E-state index contributed by atoms with van der Waals surface area (Å²) in [7, 11) is 0. The molecule has 1 heterocycles. The van der Waals surface area contributed by atoms with Crippen LogP contribution in [-0.4, -0.2) is 22.7 Å². The third-order valence-corrected chi connectivity index (χ3v) is 3.55. The molecule has 0 spiro atoms. The fraction of sp³-hybridized carbons (Fsp3) is 0.438. The molecule has 21 heavy (non-hydrogen) atoms. The van der Waals surface area contributed by atoms with Gasteiger partial charge in [0.25, 0.3) is 0 Å². The standard InChI is InChI=1S/C16H18N2O3/c1-2-20-16(19)13(10-11-6-4-3-5-7-11)15-17-14(18-21-15)12-8-9-12/h3-7,12-13H,2,8-10H2,1H3. The van der Waals surface area contributed by atoms with Gasteiger partial charge in [-0.3, -0.25) is 4.79 Å². The molecule has 1 aliphatic rings. The summed E-state index contributed by atoms with van der Waals surface area (Å²) >= 11 is 0. The molecular formula is C16H18N2O3. The average Bonchev–Trinajstić information content (AvgIpc) is 3.24. The molecule has 1 atom stereocenters. The van der Waals surface area contributed by atoms with E-state index >= 15 is 0 Å². The van der Waals surface area contributed by atoms with Crippen LogP contribution in [0.4, 0.5) is 0 Å². The van der Waals surface area contributed by atoms with E-state index in [4.69, 9.17) is 9.26 Å². The quantitative estimate of drug-likeness (QED) is 0.764. The number of benzene rings is 1. The molecule has 1 unspecified atom stereocenters. The second kappa shape index (κ2) is 6.08. The van der Waals surface area contributed by atoms with Crippen LogP contribution in [-0.2, 0) is 16.0 Å². The van der Waals surface area contributed by atoms with Crippen molar-refractivity contribution >= 4 is 5.97 Å². The molecule has 1 aromatic carbocycles. The zero-order chi connectivity index (χ0) is 14.7. The Morgan fingerprint density at radius 3 is 2.81 bits per heavy atom. The number of hydrogen-bond donors (Lipinski definition) is 0. The van der Waals surface area contributed by atoms with Gasteiger partial charge in [0.1, 0.15) is 5.92 Å². The van der Waals surface area contributed by atoms with Gasteiger partial charge in [0, 0.05) is 5.92 Å². The lowest BCUT2D eigenvalue weighted by atomic mass is 9.99. The van der Waals surface area contributed by atoms with Crippen LogP contribution in [0.5, 0.6) is 0 Å². The summed E-state index contributed by atoms with van der Waals surface area (Å²) in [6.07, 6.45) is 2.70. The Kier molecular flexibility index (Phi) is 3.99. The average molecular weight is 286 g/mol. The predicted molar refractivity (Wildman–Crippen MR) is 75.8 cm³/mol. The van der Waals surface area contributed by atoms with E-state index in [9.17, 15) is 4.79 Å². The third kappa shape index (κ3) is 3.29. The minimum atomic E-state index is -0.535. The summed E-state index contributed by atoms with van der Waals surface area (Å²) in [4.78, 5) is 16.6. The number of aromatic nitrogens is 2. The molecular weight excluding hydrogens is 268 g/mol. The number of carbonyl (C=O) groups excluding carboxylic acids is 1. The molecule has 1 saturated carbocycles. The van der Waals surface area contributed by atoms with Gasteiger partial charge in [-0.25, -0.2) is 0 Å². The van der Waals surface area contributed by atoms with E-state index in [0.717, 1.165) is 18.4 Å². The fourth-order valence-electron chi connectivity index (χ4n) is 2.26. The Bertz CT molecular complexity index is 605. The first-order chi connectivity index (χ1) is 10.3. The molecule has 3 rings (SSSR count). The van der Waals surface area contributed by atoms with Gasteiger partial charge in [0.15, 0.2) is 5.82 Å². The molecule has 0 N–H and O–H groups in total. The van der Waals surface area contributed by atoms with Crippen LogP contribution in [0.2, 0.25) is 0 Å². The Hall–Kier alpha value is -2.17. The molecule has 1 aromatic heterocycles. The Morgan fingerprint density at radius 2 is 2.14 bits per heavy atom. The number of nitrogens with zero attached hydrogens (tertiary/aromatic N) is 2. The lowest BCUT2D eigenvalue weighted by Gasteiger charge is -2.11. The first kappa shape index (κ1) is 13.8.